The van der Waals surface area contributed by atoms with Crippen LogP contribution in [0, 0.1) is 5.92 Å². The smallest absolute Gasteiger partial charge is 0.307 e. The summed E-state index contributed by atoms with van der Waals surface area (Å²) >= 11 is 5.21. The predicted molar refractivity (Wildman–Crippen MR) is 105 cm³/mol. The topological polar surface area (TPSA) is 59.0 Å². The molecule has 2 atom stereocenters. The van der Waals surface area contributed by atoms with E-state index in [4.69, 9.17) is 9.47 Å². The molecular weight excluding hydrogens is 418 g/mol. The first-order valence-corrected chi connectivity index (χ1v) is 10.1. The summed E-state index contributed by atoms with van der Waals surface area (Å²) in [6.07, 6.45) is 1.60. The fourth-order valence-electron chi connectivity index (χ4n) is 3.49. The maximum absolute atomic E-state index is 11.5. The molecule has 2 heterocycles. The van der Waals surface area contributed by atoms with Crippen LogP contribution in [0.3, 0.4) is 0 Å². The molecular formula is C19H22BrNO4S. The molecule has 3 rings (SSSR count). The van der Waals surface area contributed by atoms with Crippen LogP contribution in [0.15, 0.2) is 34.1 Å². The molecule has 5 nitrogen and oxygen atoms in total. The van der Waals surface area contributed by atoms with Crippen LogP contribution in [0.5, 0.6) is 11.5 Å². The third-order valence-corrected chi connectivity index (χ3v) is 6.44. The Morgan fingerprint density at radius 2 is 2.12 bits per heavy atom. The zero-order chi connectivity index (χ0) is 18.7. The van der Waals surface area contributed by atoms with Crippen LogP contribution < -0.4 is 9.47 Å². The van der Waals surface area contributed by atoms with Gasteiger partial charge >= 0.3 is 5.97 Å². The van der Waals surface area contributed by atoms with Crippen molar-refractivity contribution in [2.75, 3.05) is 27.3 Å². The van der Waals surface area contributed by atoms with E-state index < -0.39 is 5.97 Å². The number of carbonyl (C=O) groups is 1. The Labute approximate surface area is 165 Å². The van der Waals surface area contributed by atoms with E-state index in [1.54, 1.807) is 25.6 Å². The number of ether oxygens (including phenoxy) is 2. The van der Waals surface area contributed by atoms with Crippen LogP contribution in [0.25, 0.3) is 0 Å². The second-order valence-corrected chi connectivity index (χ2v) is 8.82. The molecule has 1 aliphatic heterocycles. The van der Waals surface area contributed by atoms with E-state index in [9.17, 15) is 9.90 Å². The van der Waals surface area contributed by atoms with Crippen molar-refractivity contribution in [1.29, 1.82) is 0 Å². The highest BCUT2D eigenvalue weighted by Gasteiger charge is 2.33. The summed E-state index contributed by atoms with van der Waals surface area (Å²) in [7, 11) is 3.28. The van der Waals surface area contributed by atoms with Crippen molar-refractivity contribution >= 4 is 33.2 Å². The molecule has 1 N–H and O–H groups in total. The van der Waals surface area contributed by atoms with Gasteiger partial charge in [0.05, 0.1) is 30.0 Å². The lowest BCUT2D eigenvalue weighted by atomic mass is 9.94. The molecule has 0 aliphatic carbocycles. The highest BCUT2D eigenvalue weighted by atomic mass is 79.9. The largest absolute Gasteiger partial charge is 0.497 e. The van der Waals surface area contributed by atoms with Crippen LogP contribution in [-0.4, -0.2) is 43.3 Å². The SMILES string of the molecule is COc1ccc(C(c2ccc(Br)s2)N2CCCC(C(=O)O)C2)c(OC)c1. The number of benzene rings is 1. The van der Waals surface area contributed by atoms with Gasteiger partial charge in [-0.2, -0.15) is 0 Å². The van der Waals surface area contributed by atoms with E-state index in [1.807, 2.05) is 24.3 Å². The minimum atomic E-state index is -0.720. The van der Waals surface area contributed by atoms with E-state index in [0.29, 0.717) is 6.54 Å². The van der Waals surface area contributed by atoms with Gasteiger partial charge in [-0.15, -0.1) is 11.3 Å². The number of rotatable bonds is 6. The van der Waals surface area contributed by atoms with E-state index in [0.717, 1.165) is 45.1 Å². The van der Waals surface area contributed by atoms with Gasteiger partial charge in [-0.1, -0.05) is 0 Å². The van der Waals surface area contributed by atoms with Gasteiger partial charge in [0.1, 0.15) is 11.5 Å². The number of nitrogens with zero attached hydrogens (tertiary/aromatic N) is 1. The number of piperidine rings is 1. The van der Waals surface area contributed by atoms with E-state index in [-0.39, 0.29) is 12.0 Å². The van der Waals surface area contributed by atoms with Crippen LogP contribution in [0.2, 0.25) is 0 Å². The molecule has 1 aliphatic rings. The quantitative estimate of drug-likeness (QED) is 0.721. The van der Waals surface area contributed by atoms with Crippen molar-refractivity contribution in [3.8, 4) is 11.5 Å². The van der Waals surface area contributed by atoms with Gasteiger partial charge in [0.15, 0.2) is 0 Å². The van der Waals surface area contributed by atoms with Gasteiger partial charge in [-0.05, 0) is 59.6 Å². The summed E-state index contributed by atoms with van der Waals surface area (Å²) in [5.74, 6) is 0.427. The van der Waals surface area contributed by atoms with Gasteiger partial charge in [0, 0.05) is 23.1 Å². The molecule has 2 unspecified atom stereocenters. The molecule has 1 saturated heterocycles. The third-order valence-electron chi connectivity index (χ3n) is 4.77. The van der Waals surface area contributed by atoms with Crippen LogP contribution in [0.4, 0.5) is 0 Å². The molecule has 0 radical (unpaired) electrons. The van der Waals surface area contributed by atoms with Gasteiger partial charge in [0.25, 0.3) is 0 Å². The maximum Gasteiger partial charge on any atom is 0.307 e. The number of methoxy groups -OCH3 is 2. The number of hydrogen-bond donors (Lipinski definition) is 1. The highest BCUT2D eigenvalue weighted by Crippen LogP contribution is 2.41. The third kappa shape index (κ3) is 4.05. The molecule has 2 aromatic rings. The van der Waals surface area contributed by atoms with E-state index in [1.165, 1.54) is 0 Å². The van der Waals surface area contributed by atoms with Gasteiger partial charge in [-0.25, -0.2) is 0 Å². The van der Waals surface area contributed by atoms with E-state index >= 15 is 0 Å². The lowest BCUT2D eigenvalue weighted by Gasteiger charge is -2.37. The van der Waals surface area contributed by atoms with Crippen molar-refractivity contribution in [2.24, 2.45) is 5.92 Å². The molecule has 26 heavy (non-hydrogen) atoms. The number of carboxylic acids is 1. The second kappa shape index (κ2) is 8.41. The molecule has 1 aromatic heterocycles. The van der Waals surface area contributed by atoms with Crippen LogP contribution in [0.1, 0.15) is 29.3 Å². The summed E-state index contributed by atoms with van der Waals surface area (Å²) in [6.45, 7) is 1.39. The second-order valence-electron chi connectivity index (χ2n) is 6.32. The van der Waals surface area contributed by atoms with Crippen LogP contribution in [-0.2, 0) is 4.79 Å². The number of halogens is 1. The summed E-state index contributed by atoms with van der Waals surface area (Å²) in [5, 5.41) is 9.48. The normalized spacial score (nSPS) is 19.1. The molecule has 1 aromatic carbocycles. The first-order chi connectivity index (χ1) is 12.5. The lowest BCUT2D eigenvalue weighted by Crippen LogP contribution is -2.41. The zero-order valence-corrected chi connectivity index (χ0v) is 17.2. The molecule has 0 saturated carbocycles. The number of carboxylic acid groups (broad SMARTS) is 1. The molecule has 140 valence electrons. The Morgan fingerprint density at radius 3 is 2.73 bits per heavy atom. The number of hydrogen-bond acceptors (Lipinski definition) is 5. The summed E-state index contributed by atoms with van der Waals surface area (Å²) in [5.41, 5.74) is 1.02. The standard InChI is InChI=1S/C19H22BrNO4S/c1-24-13-5-6-14(15(10-13)25-2)18(16-7-8-17(20)26-16)21-9-3-4-12(11-21)19(22)23/h5-8,10,12,18H,3-4,9,11H2,1-2H3,(H,22,23). The minimum absolute atomic E-state index is 0.0469. The maximum atomic E-state index is 11.5. The summed E-state index contributed by atoms with van der Waals surface area (Å²) < 4.78 is 12.0. The predicted octanol–water partition coefficient (Wildman–Crippen LogP) is 4.41. The zero-order valence-electron chi connectivity index (χ0n) is 14.8. The van der Waals surface area contributed by atoms with Crippen molar-refractivity contribution in [1.82, 2.24) is 4.90 Å². The Kier molecular flexibility index (Phi) is 6.21. The average Bonchev–Trinajstić information content (AvgIpc) is 3.08. The van der Waals surface area contributed by atoms with Crippen molar-refractivity contribution in [3.63, 3.8) is 0 Å². The first kappa shape index (κ1) is 19.2. The number of likely N-dealkylation sites (tertiary alicyclic amines) is 1. The average molecular weight is 440 g/mol. The molecule has 7 heteroatoms. The molecule has 0 bridgehead atoms. The summed E-state index contributed by atoms with van der Waals surface area (Å²) in [4.78, 5) is 14.9. The van der Waals surface area contributed by atoms with Gasteiger partial charge in [0.2, 0.25) is 0 Å². The number of thiophene rings is 1. The Balaban J connectivity index is 2.03. The fourth-order valence-corrected chi connectivity index (χ4v) is 5.07. The molecule has 1 fully saturated rings. The van der Waals surface area contributed by atoms with Crippen molar-refractivity contribution < 1.29 is 19.4 Å². The number of aliphatic carboxylic acids is 1. The van der Waals surface area contributed by atoms with Crippen molar-refractivity contribution in [2.45, 2.75) is 18.9 Å². The van der Waals surface area contributed by atoms with Gasteiger partial charge in [-0.3, -0.25) is 9.69 Å². The Morgan fingerprint density at radius 1 is 1.31 bits per heavy atom. The van der Waals surface area contributed by atoms with Crippen LogP contribution >= 0.6 is 27.3 Å². The highest BCUT2D eigenvalue weighted by molar-refractivity contribution is 9.11. The minimum Gasteiger partial charge on any atom is -0.497 e. The Bertz CT molecular complexity index is 779. The van der Waals surface area contributed by atoms with Crippen molar-refractivity contribution in [3.05, 3.63) is 44.6 Å². The summed E-state index contributed by atoms with van der Waals surface area (Å²) in [6, 6.07) is 9.89. The monoisotopic (exact) mass is 439 g/mol. The Hall–Kier alpha value is -1.57. The fraction of sp³-hybridized carbons (Fsp3) is 0.421. The lowest BCUT2D eigenvalue weighted by molar-refractivity contribution is -0.143. The molecule has 0 spiro atoms. The molecule has 0 amide bonds. The first-order valence-electron chi connectivity index (χ1n) is 8.47. The van der Waals surface area contributed by atoms with Gasteiger partial charge < -0.3 is 14.6 Å². The van der Waals surface area contributed by atoms with E-state index in [2.05, 4.69) is 26.9 Å².